The van der Waals surface area contributed by atoms with Gasteiger partial charge in [-0.25, -0.2) is 9.97 Å². The number of amides is 1. The normalized spacial score (nSPS) is 18.1. The maximum absolute atomic E-state index is 14.1. The molecule has 0 spiro atoms. The lowest BCUT2D eigenvalue weighted by atomic mass is 9.95. The molecule has 16 heteroatoms. The van der Waals surface area contributed by atoms with Crippen molar-refractivity contribution in [3.63, 3.8) is 0 Å². The molecule has 0 aliphatic carbocycles. The van der Waals surface area contributed by atoms with E-state index in [1.807, 2.05) is 20.8 Å². The lowest BCUT2D eigenvalue weighted by Gasteiger charge is -2.27. The van der Waals surface area contributed by atoms with Gasteiger partial charge in [0.15, 0.2) is 5.69 Å². The van der Waals surface area contributed by atoms with Crippen LogP contribution in [-0.2, 0) is 28.0 Å². The van der Waals surface area contributed by atoms with Crippen LogP contribution < -0.4 is 20.7 Å². The Hall–Kier alpha value is -4.49. The summed E-state index contributed by atoms with van der Waals surface area (Å²) in [5.41, 5.74) is 0.231. The first-order valence-electron chi connectivity index (χ1n) is 14.4. The smallest absolute Gasteiger partial charge is 0.421 e. The summed E-state index contributed by atoms with van der Waals surface area (Å²) in [5.74, 6) is -1.07. The molecule has 4 aromatic rings. The minimum absolute atomic E-state index is 0.00615. The van der Waals surface area contributed by atoms with Crippen LogP contribution >= 0.6 is 7.37 Å². The first kappa shape index (κ1) is 32.9. The molecule has 4 aliphatic heterocycles. The van der Waals surface area contributed by atoms with E-state index in [-0.39, 0.29) is 30.1 Å². The van der Waals surface area contributed by atoms with E-state index < -0.39 is 36.2 Å². The Morgan fingerprint density at radius 3 is 2.61 bits per heavy atom. The molecule has 3 N–H and O–H groups in total. The van der Waals surface area contributed by atoms with Crippen LogP contribution in [0, 0.1) is 5.41 Å². The van der Waals surface area contributed by atoms with Gasteiger partial charge >= 0.3 is 6.18 Å². The Morgan fingerprint density at radius 1 is 1.15 bits per heavy atom. The summed E-state index contributed by atoms with van der Waals surface area (Å²) >= 11 is 0. The molecule has 1 aromatic carbocycles. The average molecular weight is 659 g/mol. The number of nitrogens with one attached hydrogen (secondary N) is 3. The van der Waals surface area contributed by atoms with Crippen LogP contribution in [0.15, 0.2) is 48.9 Å². The van der Waals surface area contributed by atoms with Crippen molar-refractivity contribution in [2.75, 3.05) is 37.6 Å². The highest BCUT2D eigenvalue weighted by molar-refractivity contribution is 7.58. The van der Waals surface area contributed by atoms with Crippen LogP contribution in [0.5, 0.6) is 5.75 Å². The molecule has 0 saturated heterocycles. The largest absolute Gasteiger partial charge is 0.495 e. The van der Waals surface area contributed by atoms with Gasteiger partial charge in [-0.2, -0.15) is 23.3 Å². The molecule has 46 heavy (non-hydrogen) atoms. The third kappa shape index (κ3) is 7.31. The second kappa shape index (κ2) is 12.7. The van der Waals surface area contributed by atoms with Crippen molar-refractivity contribution >= 4 is 36.4 Å². The Balaban J connectivity index is 1.66. The van der Waals surface area contributed by atoms with Crippen LogP contribution in [0.1, 0.15) is 42.4 Å². The zero-order valence-corrected chi connectivity index (χ0v) is 26.8. The topological polar surface area (TPSA) is 145 Å². The number of ether oxygens (including phenoxy) is 1. The number of carbonyl (C=O) groups is 1. The van der Waals surface area contributed by atoms with Crippen LogP contribution in [0.25, 0.3) is 11.3 Å². The highest BCUT2D eigenvalue weighted by Crippen LogP contribution is 2.51. The second-order valence-electron chi connectivity index (χ2n) is 11.6. The number of benzene rings is 1. The van der Waals surface area contributed by atoms with Crippen molar-refractivity contribution in [1.82, 2.24) is 30.0 Å². The van der Waals surface area contributed by atoms with Crippen molar-refractivity contribution in [3.05, 3.63) is 65.7 Å². The van der Waals surface area contributed by atoms with Crippen LogP contribution in [-0.4, -0.2) is 57.6 Å². The highest BCUT2D eigenvalue weighted by atomic mass is 31.2. The SMILES string of the molecule is CC[P@@]1(=O)Cc2ccc(c(OC)c2)Nc2ncc(C(F)(F)F)c(n2)Nc2ccc(nc2C(=O)NC)-c2cnn(c2)CC(C)(C)CO1. The Kier molecular flexibility index (Phi) is 9.09. The molecule has 0 radical (unpaired) electrons. The number of nitrogens with zero attached hydrogens (tertiary/aromatic N) is 5. The molecule has 8 rings (SSSR count). The van der Waals surface area contributed by atoms with Gasteiger partial charge in [0.25, 0.3) is 5.91 Å². The highest BCUT2D eigenvalue weighted by Gasteiger charge is 2.36. The van der Waals surface area contributed by atoms with Crippen LogP contribution in [0.4, 0.5) is 36.3 Å². The Morgan fingerprint density at radius 2 is 1.91 bits per heavy atom. The van der Waals surface area contributed by atoms with Crippen molar-refractivity contribution in [3.8, 4) is 17.0 Å². The summed E-state index contributed by atoms with van der Waals surface area (Å²) in [5, 5.41) is 12.5. The lowest BCUT2D eigenvalue weighted by molar-refractivity contribution is -0.137. The molecule has 1 atom stereocenters. The van der Waals surface area contributed by atoms with Crippen LogP contribution in [0.3, 0.4) is 0 Å². The van der Waals surface area contributed by atoms with Crippen molar-refractivity contribution in [1.29, 1.82) is 0 Å². The molecule has 4 aliphatic rings. The number of hydrogen-bond acceptors (Lipinski definition) is 10. The molecule has 7 heterocycles. The maximum atomic E-state index is 14.1. The van der Waals surface area contributed by atoms with E-state index in [1.54, 1.807) is 41.3 Å². The van der Waals surface area contributed by atoms with Gasteiger partial charge < -0.3 is 25.2 Å². The number of rotatable bonds is 3. The number of aromatic nitrogens is 5. The van der Waals surface area contributed by atoms with Gasteiger partial charge in [-0.3, -0.25) is 14.0 Å². The number of carbonyl (C=O) groups excluding carboxylic acids is 1. The van der Waals surface area contributed by atoms with E-state index in [0.717, 1.165) is 0 Å². The quantitative estimate of drug-likeness (QED) is 0.210. The van der Waals surface area contributed by atoms with Crippen molar-refractivity contribution in [2.45, 2.75) is 39.7 Å². The summed E-state index contributed by atoms with van der Waals surface area (Å²) in [6.45, 7) is 6.39. The van der Waals surface area contributed by atoms with Gasteiger partial charge in [0.05, 0.1) is 37.0 Å². The molecule has 0 saturated carbocycles. The van der Waals surface area contributed by atoms with E-state index in [1.165, 1.54) is 20.2 Å². The summed E-state index contributed by atoms with van der Waals surface area (Å²) in [7, 11) is -0.285. The van der Waals surface area contributed by atoms with Gasteiger partial charge in [0.1, 0.15) is 17.1 Å². The molecule has 12 nitrogen and oxygen atoms in total. The molecular weight excluding hydrogens is 624 g/mol. The van der Waals surface area contributed by atoms with E-state index in [0.29, 0.717) is 47.2 Å². The predicted molar refractivity (Wildman–Crippen MR) is 167 cm³/mol. The molecular formula is C30H34F3N8O4P. The number of alkyl halides is 3. The number of halogens is 3. The molecule has 1 amide bonds. The summed E-state index contributed by atoms with van der Waals surface area (Å²) in [6.07, 6.45) is -0.391. The average Bonchev–Trinajstić information content (AvgIpc) is 3.47. The molecule has 0 unspecified atom stereocenters. The summed E-state index contributed by atoms with van der Waals surface area (Å²) in [6, 6.07) is 8.06. The number of anilines is 4. The van der Waals surface area contributed by atoms with E-state index in [9.17, 15) is 22.5 Å². The zero-order chi connectivity index (χ0) is 33.3. The van der Waals surface area contributed by atoms with Gasteiger partial charge in [-0.05, 0) is 29.8 Å². The minimum Gasteiger partial charge on any atom is -0.495 e. The summed E-state index contributed by atoms with van der Waals surface area (Å²) < 4.78 is 69.4. The fourth-order valence-electron chi connectivity index (χ4n) is 4.83. The predicted octanol–water partition coefficient (Wildman–Crippen LogP) is 6.46. The molecule has 3 aromatic heterocycles. The minimum atomic E-state index is -4.82. The Labute approximate surface area is 263 Å². The first-order chi connectivity index (χ1) is 21.7. The summed E-state index contributed by atoms with van der Waals surface area (Å²) in [4.78, 5) is 25.3. The lowest BCUT2D eigenvalue weighted by Crippen LogP contribution is -2.25. The van der Waals surface area contributed by atoms with Gasteiger partial charge in [-0.1, -0.05) is 26.8 Å². The molecule has 0 fully saturated rings. The standard InChI is InChI=1S/C30H34F3N8O4P/c1-6-46(43)15-18-7-8-22(24(11-18)44-5)39-28-35-13-20(30(31,32)33)26(40-28)38-23-10-9-21(37-25(23)27(42)34-4)19-12-36-41(14-19)16-29(2,3)17-45-46/h7-14H,6,15-17H2,1-5H3,(H,34,42)(H2,35,38,39,40)/t46-/m0/s1. The number of hydrogen-bond donors (Lipinski definition) is 3. The molecule has 8 bridgehead atoms. The van der Waals surface area contributed by atoms with Gasteiger partial charge in [-0.15, -0.1) is 0 Å². The number of pyridine rings is 1. The van der Waals surface area contributed by atoms with Crippen molar-refractivity contribution in [2.24, 2.45) is 5.41 Å². The van der Waals surface area contributed by atoms with Gasteiger partial charge in [0, 0.05) is 49.3 Å². The monoisotopic (exact) mass is 658 g/mol. The maximum Gasteiger partial charge on any atom is 0.421 e. The van der Waals surface area contributed by atoms with E-state index in [2.05, 4.69) is 36.0 Å². The fourth-order valence-corrected chi connectivity index (χ4v) is 6.66. The number of methoxy groups -OCH3 is 1. The first-order valence-corrected chi connectivity index (χ1v) is 16.4. The fraction of sp³-hybridized carbons (Fsp3) is 0.367. The zero-order valence-electron chi connectivity index (χ0n) is 25.9. The van der Waals surface area contributed by atoms with Gasteiger partial charge in [0.2, 0.25) is 13.3 Å². The van der Waals surface area contributed by atoms with Crippen LogP contribution in [0.2, 0.25) is 0 Å². The Bertz CT molecular complexity index is 1810. The third-order valence-electron chi connectivity index (χ3n) is 7.31. The third-order valence-corrected chi connectivity index (χ3v) is 9.72. The molecule has 244 valence electrons. The van der Waals surface area contributed by atoms with E-state index in [4.69, 9.17) is 9.26 Å². The van der Waals surface area contributed by atoms with Crippen molar-refractivity contribution < 1.29 is 31.8 Å². The van der Waals surface area contributed by atoms with E-state index >= 15 is 0 Å². The second-order valence-corrected chi connectivity index (χ2v) is 14.4.